The fourth-order valence-electron chi connectivity index (χ4n) is 2.19. The van der Waals surface area contributed by atoms with E-state index in [1.54, 1.807) is 36.5 Å². The Kier molecular flexibility index (Phi) is 2.91. The molecule has 4 nitrogen and oxygen atoms in total. The predicted molar refractivity (Wildman–Crippen MR) is 77.1 cm³/mol. The first-order chi connectivity index (χ1) is 9.69. The van der Waals surface area contributed by atoms with E-state index in [1.165, 1.54) is 7.11 Å². The quantitative estimate of drug-likeness (QED) is 0.747. The van der Waals surface area contributed by atoms with Crippen molar-refractivity contribution < 1.29 is 14.9 Å². The van der Waals surface area contributed by atoms with Gasteiger partial charge in [0, 0.05) is 11.6 Å². The van der Waals surface area contributed by atoms with Crippen LogP contribution in [0, 0.1) is 0 Å². The molecular weight excluding hydrogens is 254 g/mol. The van der Waals surface area contributed by atoms with Gasteiger partial charge in [-0.15, -0.1) is 0 Å². The summed E-state index contributed by atoms with van der Waals surface area (Å²) < 4.78 is 5.10. The summed E-state index contributed by atoms with van der Waals surface area (Å²) in [4.78, 5) is 4.25. The molecule has 0 aliphatic heterocycles. The highest BCUT2D eigenvalue weighted by Crippen LogP contribution is 2.35. The number of ether oxygens (including phenoxy) is 1. The molecule has 0 fully saturated rings. The average molecular weight is 267 g/mol. The Labute approximate surface area is 115 Å². The van der Waals surface area contributed by atoms with Crippen LogP contribution in [0.15, 0.2) is 48.7 Å². The highest BCUT2D eigenvalue weighted by Gasteiger charge is 2.08. The first kappa shape index (κ1) is 12.3. The van der Waals surface area contributed by atoms with Crippen molar-refractivity contribution >= 4 is 10.9 Å². The molecular formula is C16H13NO3. The van der Waals surface area contributed by atoms with Gasteiger partial charge in [0.25, 0.3) is 0 Å². The zero-order chi connectivity index (χ0) is 14.1. The molecule has 0 aliphatic carbocycles. The fraction of sp³-hybridized carbons (Fsp3) is 0.0625. The summed E-state index contributed by atoms with van der Waals surface area (Å²) in [6, 6.07) is 12.2. The molecule has 0 saturated heterocycles. The summed E-state index contributed by atoms with van der Waals surface area (Å²) in [5.74, 6) is 0.653. The van der Waals surface area contributed by atoms with E-state index in [0.717, 1.165) is 16.6 Å². The number of aromatic hydroxyl groups is 2. The minimum atomic E-state index is 0.0828. The molecule has 0 amide bonds. The minimum absolute atomic E-state index is 0.0828. The van der Waals surface area contributed by atoms with Crippen molar-refractivity contribution in [3.63, 3.8) is 0 Å². The third kappa shape index (κ3) is 2.01. The van der Waals surface area contributed by atoms with Crippen molar-refractivity contribution in [3.05, 3.63) is 48.7 Å². The predicted octanol–water partition coefficient (Wildman–Crippen LogP) is 3.32. The van der Waals surface area contributed by atoms with Gasteiger partial charge in [0.2, 0.25) is 0 Å². The Morgan fingerprint density at radius 2 is 1.80 bits per heavy atom. The smallest absolute Gasteiger partial charge is 0.161 e. The van der Waals surface area contributed by atoms with E-state index in [1.807, 2.05) is 12.1 Å². The SMILES string of the molecule is COc1cc(-c2cc(O)c3cccnc3c2)ccc1O. The Balaban J connectivity index is 2.19. The summed E-state index contributed by atoms with van der Waals surface area (Å²) in [6.45, 7) is 0. The number of pyridine rings is 1. The normalized spacial score (nSPS) is 10.7. The van der Waals surface area contributed by atoms with E-state index >= 15 is 0 Å². The molecule has 0 aliphatic rings. The number of aromatic nitrogens is 1. The van der Waals surface area contributed by atoms with Gasteiger partial charge in [-0.05, 0) is 47.5 Å². The van der Waals surface area contributed by atoms with E-state index in [0.29, 0.717) is 11.1 Å². The summed E-state index contributed by atoms with van der Waals surface area (Å²) in [5.41, 5.74) is 2.36. The van der Waals surface area contributed by atoms with Crippen LogP contribution in [0.3, 0.4) is 0 Å². The molecule has 4 heteroatoms. The van der Waals surface area contributed by atoms with Crippen LogP contribution in [0.1, 0.15) is 0 Å². The first-order valence-corrected chi connectivity index (χ1v) is 6.14. The summed E-state index contributed by atoms with van der Waals surface area (Å²) in [7, 11) is 1.50. The molecule has 100 valence electrons. The van der Waals surface area contributed by atoms with Crippen molar-refractivity contribution in [2.24, 2.45) is 0 Å². The fourth-order valence-corrected chi connectivity index (χ4v) is 2.19. The molecule has 0 radical (unpaired) electrons. The third-order valence-electron chi connectivity index (χ3n) is 3.21. The molecule has 2 aromatic carbocycles. The number of fused-ring (bicyclic) bond motifs is 1. The van der Waals surface area contributed by atoms with Crippen molar-refractivity contribution in [2.75, 3.05) is 7.11 Å². The van der Waals surface area contributed by atoms with Gasteiger partial charge < -0.3 is 14.9 Å². The van der Waals surface area contributed by atoms with Crippen LogP contribution < -0.4 is 4.74 Å². The topological polar surface area (TPSA) is 62.6 Å². The van der Waals surface area contributed by atoms with Gasteiger partial charge in [0.15, 0.2) is 11.5 Å². The van der Waals surface area contributed by atoms with E-state index in [-0.39, 0.29) is 11.5 Å². The maximum Gasteiger partial charge on any atom is 0.161 e. The van der Waals surface area contributed by atoms with E-state index in [4.69, 9.17) is 4.74 Å². The minimum Gasteiger partial charge on any atom is -0.507 e. The van der Waals surface area contributed by atoms with Crippen molar-refractivity contribution in [2.45, 2.75) is 0 Å². The van der Waals surface area contributed by atoms with Gasteiger partial charge in [0.05, 0.1) is 12.6 Å². The van der Waals surface area contributed by atoms with Crippen LogP contribution in [0.5, 0.6) is 17.2 Å². The molecule has 1 aromatic heterocycles. The molecule has 0 bridgehead atoms. The van der Waals surface area contributed by atoms with Gasteiger partial charge in [0.1, 0.15) is 5.75 Å². The number of hydrogen-bond donors (Lipinski definition) is 2. The Morgan fingerprint density at radius 3 is 2.60 bits per heavy atom. The number of hydrogen-bond acceptors (Lipinski definition) is 4. The number of benzene rings is 2. The zero-order valence-corrected chi connectivity index (χ0v) is 10.9. The molecule has 0 saturated carbocycles. The monoisotopic (exact) mass is 267 g/mol. The molecule has 2 N–H and O–H groups in total. The van der Waals surface area contributed by atoms with Crippen molar-refractivity contribution in [1.82, 2.24) is 4.98 Å². The van der Waals surface area contributed by atoms with E-state index < -0.39 is 0 Å². The summed E-state index contributed by atoms with van der Waals surface area (Å²) in [5, 5.41) is 20.4. The van der Waals surface area contributed by atoms with Gasteiger partial charge in [-0.2, -0.15) is 0 Å². The van der Waals surface area contributed by atoms with Gasteiger partial charge in [-0.25, -0.2) is 0 Å². The van der Waals surface area contributed by atoms with E-state index in [9.17, 15) is 10.2 Å². The number of methoxy groups -OCH3 is 1. The van der Waals surface area contributed by atoms with Crippen LogP contribution in [0.25, 0.3) is 22.0 Å². The second-order valence-corrected chi connectivity index (χ2v) is 4.45. The van der Waals surface area contributed by atoms with Crippen molar-refractivity contribution in [3.8, 4) is 28.4 Å². The Morgan fingerprint density at radius 1 is 0.950 bits per heavy atom. The highest BCUT2D eigenvalue weighted by atomic mass is 16.5. The average Bonchev–Trinajstić information content (AvgIpc) is 2.47. The van der Waals surface area contributed by atoms with E-state index in [2.05, 4.69) is 4.98 Å². The molecule has 0 spiro atoms. The molecule has 0 atom stereocenters. The summed E-state index contributed by atoms with van der Waals surface area (Å²) >= 11 is 0. The number of phenols is 2. The third-order valence-corrected chi connectivity index (χ3v) is 3.21. The second-order valence-electron chi connectivity index (χ2n) is 4.45. The maximum atomic E-state index is 10.1. The van der Waals surface area contributed by atoms with Gasteiger partial charge in [-0.3, -0.25) is 4.98 Å². The lowest BCUT2D eigenvalue weighted by Gasteiger charge is -2.09. The van der Waals surface area contributed by atoms with Gasteiger partial charge in [-0.1, -0.05) is 6.07 Å². The second kappa shape index (κ2) is 4.74. The molecule has 3 aromatic rings. The van der Waals surface area contributed by atoms with Crippen LogP contribution in [-0.2, 0) is 0 Å². The van der Waals surface area contributed by atoms with Crippen LogP contribution >= 0.6 is 0 Å². The Hall–Kier alpha value is -2.75. The molecule has 1 heterocycles. The summed E-state index contributed by atoms with van der Waals surface area (Å²) in [6.07, 6.45) is 1.68. The first-order valence-electron chi connectivity index (χ1n) is 6.14. The lowest BCUT2D eigenvalue weighted by atomic mass is 10.0. The van der Waals surface area contributed by atoms with Crippen molar-refractivity contribution in [1.29, 1.82) is 0 Å². The zero-order valence-electron chi connectivity index (χ0n) is 10.9. The molecule has 0 unspecified atom stereocenters. The van der Waals surface area contributed by atoms with Crippen LogP contribution in [-0.4, -0.2) is 22.3 Å². The van der Waals surface area contributed by atoms with Gasteiger partial charge >= 0.3 is 0 Å². The molecule has 3 rings (SSSR count). The Bertz CT molecular complexity index is 784. The lowest BCUT2D eigenvalue weighted by molar-refractivity contribution is 0.373. The lowest BCUT2D eigenvalue weighted by Crippen LogP contribution is -1.86. The number of nitrogens with zero attached hydrogens (tertiary/aromatic N) is 1. The maximum absolute atomic E-state index is 10.1. The largest absolute Gasteiger partial charge is 0.507 e. The van der Waals surface area contributed by atoms with Crippen LogP contribution in [0.2, 0.25) is 0 Å². The standard InChI is InChI=1S/C16H13NO3/c1-20-16-9-10(4-5-14(16)18)11-7-13-12(15(19)8-11)3-2-6-17-13/h2-9,18-19H,1H3. The van der Waals surface area contributed by atoms with Crippen LogP contribution in [0.4, 0.5) is 0 Å². The molecule has 20 heavy (non-hydrogen) atoms. The number of phenolic OH excluding ortho intramolecular Hbond substituents is 2. The number of rotatable bonds is 2. The highest BCUT2D eigenvalue weighted by molar-refractivity contribution is 5.89.